The highest BCUT2D eigenvalue weighted by Gasteiger charge is 2.55. The van der Waals surface area contributed by atoms with E-state index in [2.05, 4.69) is 21.4 Å². The van der Waals surface area contributed by atoms with Gasteiger partial charge in [-0.1, -0.05) is 48.9 Å². The van der Waals surface area contributed by atoms with E-state index in [1.807, 2.05) is 37.3 Å². The van der Waals surface area contributed by atoms with Gasteiger partial charge in [-0.3, -0.25) is 0 Å². The minimum absolute atomic E-state index is 0.0186. The van der Waals surface area contributed by atoms with Crippen LogP contribution in [0.5, 0.6) is 0 Å². The van der Waals surface area contributed by atoms with Crippen LogP contribution in [-0.2, 0) is 12.1 Å². The Bertz CT molecular complexity index is 1280. The molecule has 1 aliphatic heterocycles. The summed E-state index contributed by atoms with van der Waals surface area (Å²) < 4.78 is 41.3. The van der Waals surface area contributed by atoms with E-state index in [1.54, 1.807) is 12.1 Å². The number of nitrogens with zero attached hydrogens (tertiary/aromatic N) is 5. The summed E-state index contributed by atoms with van der Waals surface area (Å²) in [7, 11) is 0. The molecule has 0 saturated carbocycles. The van der Waals surface area contributed by atoms with Crippen LogP contribution in [0.4, 0.5) is 13.2 Å². The number of benzene rings is 1. The first kappa shape index (κ1) is 23.9. The number of halogens is 4. The smallest absolute Gasteiger partial charge is 0.375 e. The minimum Gasteiger partial charge on any atom is -0.375 e. The zero-order chi connectivity index (χ0) is 24.7. The van der Waals surface area contributed by atoms with Gasteiger partial charge in [0.1, 0.15) is 17.5 Å². The number of aliphatic hydroxyl groups is 1. The zero-order valence-corrected chi connectivity index (χ0v) is 19.1. The highest BCUT2D eigenvalue weighted by atomic mass is 35.5. The fraction of sp³-hybridized carbons (Fsp3) is 0.333. The van der Waals surface area contributed by atoms with Gasteiger partial charge < -0.3 is 5.11 Å². The Morgan fingerprint density at radius 2 is 2.03 bits per heavy atom. The molecule has 0 bridgehead atoms. The lowest BCUT2D eigenvalue weighted by Gasteiger charge is -2.32. The number of hydrogen-bond donors (Lipinski definition) is 1. The summed E-state index contributed by atoms with van der Waals surface area (Å²) in [5, 5.41) is 27.6. The number of aliphatic imine (C=N–C) groups is 1. The van der Waals surface area contributed by atoms with Crippen molar-refractivity contribution in [1.29, 1.82) is 5.26 Å². The van der Waals surface area contributed by atoms with Crippen molar-refractivity contribution in [3.05, 3.63) is 76.2 Å². The molecule has 34 heavy (non-hydrogen) atoms. The predicted molar refractivity (Wildman–Crippen MR) is 122 cm³/mol. The van der Waals surface area contributed by atoms with Crippen LogP contribution in [-0.4, -0.2) is 32.0 Å². The van der Waals surface area contributed by atoms with E-state index in [4.69, 9.17) is 11.6 Å². The molecule has 3 unspecified atom stereocenters. The molecule has 1 aromatic carbocycles. The van der Waals surface area contributed by atoms with E-state index in [0.717, 1.165) is 22.9 Å². The highest BCUT2D eigenvalue weighted by Crippen LogP contribution is 2.43. The molecule has 1 N–H and O–H groups in total. The van der Waals surface area contributed by atoms with Crippen LogP contribution < -0.4 is 0 Å². The maximum Gasteiger partial charge on any atom is 0.423 e. The van der Waals surface area contributed by atoms with Crippen LogP contribution in [0.25, 0.3) is 5.57 Å². The predicted octanol–water partition coefficient (Wildman–Crippen LogP) is 5.23. The second-order valence-electron chi connectivity index (χ2n) is 8.38. The van der Waals surface area contributed by atoms with E-state index in [0.29, 0.717) is 10.7 Å². The topological polar surface area (TPSA) is 87.1 Å². The van der Waals surface area contributed by atoms with Crippen molar-refractivity contribution in [1.82, 2.24) is 15.0 Å². The lowest BCUT2D eigenvalue weighted by Crippen LogP contribution is -2.42. The van der Waals surface area contributed by atoms with Gasteiger partial charge in [0.15, 0.2) is 0 Å². The number of nitriles is 1. The molecule has 1 aromatic heterocycles. The van der Waals surface area contributed by atoms with Crippen molar-refractivity contribution in [3.8, 4) is 6.07 Å². The Morgan fingerprint density at radius 1 is 1.26 bits per heavy atom. The molecule has 0 saturated heterocycles. The van der Waals surface area contributed by atoms with Gasteiger partial charge in [-0.25, -0.2) is 9.67 Å². The molecular weight excluding hydrogens is 467 g/mol. The molecule has 0 fully saturated rings. The summed E-state index contributed by atoms with van der Waals surface area (Å²) in [6, 6.07) is 9.47. The minimum atomic E-state index is -4.87. The fourth-order valence-electron chi connectivity index (χ4n) is 4.35. The molecule has 0 radical (unpaired) electrons. The van der Waals surface area contributed by atoms with Gasteiger partial charge in [0, 0.05) is 10.9 Å². The maximum absolute atomic E-state index is 13.4. The van der Waals surface area contributed by atoms with Crippen molar-refractivity contribution < 1.29 is 18.3 Å². The largest absolute Gasteiger partial charge is 0.423 e. The quantitative estimate of drug-likeness (QED) is 0.625. The molecule has 3 atom stereocenters. The van der Waals surface area contributed by atoms with E-state index in [1.165, 1.54) is 11.6 Å². The third kappa shape index (κ3) is 4.31. The van der Waals surface area contributed by atoms with Gasteiger partial charge in [0.25, 0.3) is 0 Å². The monoisotopic (exact) mass is 487 g/mol. The molecule has 2 aliphatic rings. The summed E-state index contributed by atoms with van der Waals surface area (Å²) in [6.07, 6.45) is 1.23. The summed E-state index contributed by atoms with van der Waals surface area (Å²) in [6.45, 7) is 3.38. The number of fused-ring (bicyclic) bond motifs is 1. The van der Waals surface area contributed by atoms with Gasteiger partial charge in [0.05, 0.1) is 18.4 Å². The van der Waals surface area contributed by atoms with E-state index >= 15 is 0 Å². The van der Waals surface area contributed by atoms with Crippen molar-refractivity contribution in [3.63, 3.8) is 0 Å². The second-order valence-corrected chi connectivity index (χ2v) is 8.82. The van der Waals surface area contributed by atoms with Gasteiger partial charge in [-0.2, -0.15) is 18.4 Å². The highest BCUT2D eigenvalue weighted by molar-refractivity contribution is 6.30. The number of allylic oxidation sites excluding steroid dienone is 5. The first-order valence-electron chi connectivity index (χ1n) is 10.6. The van der Waals surface area contributed by atoms with Gasteiger partial charge in [-0.05, 0) is 53.3 Å². The van der Waals surface area contributed by atoms with Crippen LogP contribution in [0.1, 0.15) is 31.5 Å². The van der Waals surface area contributed by atoms with Crippen LogP contribution in [0, 0.1) is 23.2 Å². The normalized spacial score (nSPS) is 21.9. The van der Waals surface area contributed by atoms with Crippen molar-refractivity contribution in [2.24, 2.45) is 16.8 Å². The third-order valence-corrected chi connectivity index (χ3v) is 6.33. The molecule has 0 amide bonds. The molecule has 176 valence electrons. The van der Waals surface area contributed by atoms with Gasteiger partial charge in [-0.15, -0.1) is 5.10 Å². The van der Waals surface area contributed by atoms with E-state index in [9.17, 15) is 23.5 Å². The standard InChI is InChI=1S/C24H21ClF3N5O/c1-3-23(34,24(26,27)28)21-13-33(32-31-21)12-15-7-14(2)22-19(16-5-4-6-17(25)9-16)10-18(11-29)30-20(22)8-15/h4-10,13-14,22,34H,3,12H2,1-2H3. The Kier molecular flexibility index (Phi) is 6.23. The maximum atomic E-state index is 13.4. The fourth-order valence-corrected chi connectivity index (χ4v) is 4.54. The molecule has 1 aliphatic carbocycles. The Hall–Kier alpha value is -3.22. The summed E-state index contributed by atoms with van der Waals surface area (Å²) in [5.74, 6) is -0.129. The van der Waals surface area contributed by atoms with Crippen LogP contribution in [0.3, 0.4) is 0 Å². The molecule has 2 aromatic rings. The summed E-state index contributed by atoms with van der Waals surface area (Å²) >= 11 is 6.18. The average molecular weight is 488 g/mol. The molecule has 2 heterocycles. The zero-order valence-electron chi connectivity index (χ0n) is 18.4. The average Bonchev–Trinajstić information content (AvgIpc) is 3.25. The Labute approximate surface area is 199 Å². The lowest BCUT2D eigenvalue weighted by atomic mass is 9.75. The van der Waals surface area contributed by atoms with Crippen molar-refractivity contribution in [2.45, 2.75) is 38.6 Å². The van der Waals surface area contributed by atoms with Crippen molar-refractivity contribution >= 4 is 22.9 Å². The van der Waals surface area contributed by atoms with Crippen LogP contribution >= 0.6 is 11.6 Å². The molecular formula is C24H21ClF3N5O. The van der Waals surface area contributed by atoms with Crippen LogP contribution in [0.15, 0.2) is 65.0 Å². The van der Waals surface area contributed by atoms with E-state index < -0.39 is 23.9 Å². The second kappa shape index (κ2) is 8.85. The number of aromatic nitrogens is 3. The molecule has 0 spiro atoms. The summed E-state index contributed by atoms with van der Waals surface area (Å²) in [5.41, 5.74) is -0.102. The summed E-state index contributed by atoms with van der Waals surface area (Å²) in [4.78, 5) is 4.49. The third-order valence-electron chi connectivity index (χ3n) is 6.09. The van der Waals surface area contributed by atoms with Crippen molar-refractivity contribution in [2.75, 3.05) is 0 Å². The molecule has 6 nitrogen and oxygen atoms in total. The van der Waals surface area contributed by atoms with Gasteiger partial charge in [0.2, 0.25) is 5.60 Å². The number of dihydropyridines is 1. The Morgan fingerprint density at radius 3 is 2.68 bits per heavy atom. The number of alkyl halides is 3. The Balaban J connectivity index is 1.64. The number of rotatable bonds is 5. The first-order valence-corrected chi connectivity index (χ1v) is 11.0. The van der Waals surface area contributed by atoms with E-state index in [-0.39, 0.29) is 24.1 Å². The first-order chi connectivity index (χ1) is 16.1. The molecule has 10 heteroatoms. The van der Waals surface area contributed by atoms with Crippen LogP contribution in [0.2, 0.25) is 5.02 Å². The SMILES string of the molecule is CCC(O)(c1cn(CC2=CC(C)C3C(=C2)N=C(C#N)C=C3c2cccc(Cl)c2)nn1)C(F)(F)F. The lowest BCUT2D eigenvalue weighted by molar-refractivity contribution is -0.269. The molecule has 4 rings (SSSR count). The number of hydrogen-bond acceptors (Lipinski definition) is 5. The van der Waals surface area contributed by atoms with Gasteiger partial charge >= 0.3 is 6.18 Å².